The van der Waals surface area contributed by atoms with Crippen molar-refractivity contribution in [3.8, 4) is 0 Å². The van der Waals surface area contributed by atoms with Crippen molar-refractivity contribution in [3.63, 3.8) is 0 Å². The van der Waals surface area contributed by atoms with Gasteiger partial charge in [-0.2, -0.15) is 0 Å². The molecule has 1 amide bonds. The lowest BCUT2D eigenvalue weighted by atomic mass is 9.96. The second kappa shape index (κ2) is 49.7. The van der Waals surface area contributed by atoms with Crippen LogP contribution < -0.4 is 5.32 Å². The normalized spacial score (nSPS) is 29.0. The van der Waals surface area contributed by atoms with Crippen LogP contribution in [0.5, 0.6) is 0 Å². The zero-order chi connectivity index (χ0) is 62.6. The fourth-order valence-corrected chi connectivity index (χ4v) is 11.6. The van der Waals surface area contributed by atoms with Crippen molar-refractivity contribution in [1.29, 1.82) is 0 Å². The molecule has 0 bridgehead atoms. The maximum Gasteiger partial charge on any atom is 0.220 e. The molecule has 0 saturated carbocycles. The lowest BCUT2D eigenvalue weighted by Crippen LogP contribution is -2.66. The van der Waals surface area contributed by atoms with Gasteiger partial charge in [0.2, 0.25) is 5.91 Å². The van der Waals surface area contributed by atoms with Gasteiger partial charge in [-0.15, -0.1) is 0 Å². The van der Waals surface area contributed by atoms with Crippen LogP contribution in [0, 0.1) is 0 Å². The molecule has 3 rings (SSSR count). The molecular formula is C67H123NO18. The molecule has 3 fully saturated rings. The van der Waals surface area contributed by atoms with E-state index in [9.17, 15) is 61.0 Å². The number of nitrogens with one attached hydrogen (secondary N) is 1. The fraction of sp³-hybridized carbons (Fsp3) is 0.896. The van der Waals surface area contributed by atoms with E-state index in [1.165, 1.54) is 173 Å². The Balaban J connectivity index is 1.34. The predicted molar refractivity (Wildman–Crippen MR) is 333 cm³/mol. The molecule has 0 radical (unpaired) electrons. The number of carbonyl (C=O) groups excluding carboxylic acids is 1. The zero-order valence-corrected chi connectivity index (χ0v) is 53.0. The minimum absolute atomic E-state index is 0.235. The molecule has 12 N–H and O–H groups in total. The lowest BCUT2D eigenvalue weighted by molar-refractivity contribution is -0.379. The number of hydrogen-bond acceptors (Lipinski definition) is 18. The van der Waals surface area contributed by atoms with Gasteiger partial charge in [0.15, 0.2) is 18.9 Å². The first-order chi connectivity index (χ1) is 41.8. The van der Waals surface area contributed by atoms with Crippen LogP contribution in [0.2, 0.25) is 0 Å². The first-order valence-electron chi connectivity index (χ1n) is 34.2. The van der Waals surface area contributed by atoms with E-state index in [2.05, 4.69) is 43.5 Å². The molecule has 0 aliphatic carbocycles. The largest absolute Gasteiger partial charge is 0.394 e. The molecule has 17 atom stereocenters. The van der Waals surface area contributed by atoms with Crippen LogP contribution in [-0.4, -0.2) is 193 Å². The molecule has 0 aromatic carbocycles. The quantitative estimate of drug-likeness (QED) is 0.0201. The third-order valence-electron chi connectivity index (χ3n) is 17.2. The van der Waals surface area contributed by atoms with Crippen LogP contribution in [0.15, 0.2) is 36.5 Å². The summed E-state index contributed by atoms with van der Waals surface area (Å²) in [6.45, 7) is 1.58. The second-order valence-electron chi connectivity index (χ2n) is 24.6. The lowest BCUT2D eigenvalue weighted by Gasteiger charge is -2.48. The molecule has 3 heterocycles. The molecule has 19 nitrogen and oxygen atoms in total. The van der Waals surface area contributed by atoms with Gasteiger partial charge in [-0.1, -0.05) is 243 Å². The van der Waals surface area contributed by atoms with Gasteiger partial charge in [0, 0.05) is 6.42 Å². The summed E-state index contributed by atoms with van der Waals surface area (Å²) in [4.78, 5) is 13.3. The van der Waals surface area contributed by atoms with Gasteiger partial charge < -0.3 is 89.9 Å². The Bertz CT molecular complexity index is 1710. The van der Waals surface area contributed by atoms with Gasteiger partial charge in [-0.3, -0.25) is 4.79 Å². The second-order valence-corrected chi connectivity index (χ2v) is 24.6. The summed E-state index contributed by atoms with van der Waals surface area (Å²) < 4.78 is 34.2. The standard InChI is InChI=1S/C67H123NO18/c1-3-5-7-9-11-13-15-16-17-18-19-20-21-22-23-24-25-26-27-28-29-30-31-32-33-34-35-37-39-41-43-45-55(73)68-50(51(72)44-42-40-38-36-14-12-10-8-6-4-2)49-81-65-61(79)58(76)63(53(47-70)83-65)86-67-62(80)59(77)64(54(48-71)84-67)85-66-60(78)57(75)56(74)52(46-69)82-66/h6,8,14,36,42,44,50-54,56-67,69-72,74-80H,3-5,7,9-13,15-35,37-41,43,45-49H2,1-2H3,(H,68,73)/b8-6+,36-14+,44-42+. The molecule has 0 aromatic heterocycles. The Morgan fingerprint density at radius 3 is 1.15 bits per heavy atom. The molecule has 0 spiro atoms. The first kappa shape index (κ1) is 78.3. The molecule has 0 aromatic rings. The van der Waals surface area contributed by atoms with Gasteiger partial charge in [-0.25, -0.2) is 0 Å². The van der Waals surface area contributed by atoms with Gasteiger partial charge in [0.1, 0.15) is 73.2 Å². The van der Waals surface area contributed by atoms with Crippen molar-refractivity contribution >= 4 is 5.91 Å². The number of hydrogen-bond donors (Lipinski definition) is 12. The van der Waals surface area contributed by atoms with E-state index < -0.39 is 124 Å². The Kier molecular flexibility index (Phi) is 45.2. The molecule has 19 heteroatoms. The van der Waals surface area contributed by atoms with Gasteiger partial charge in [0.05, 0.1) is 38.6 Å². The topological polar surface area (TPSA) is 307 Å². The van der Waals surface area contributed by atoms with E-state index in [1.807, 2.05) is 6.08 Å². The summed E-state index contributed by atoms with van der Waals surface area (Å²) in [6, 6.07) is -0.992. The average molecular weight is 1230 g/mol. The Morgan fingerprint density at radius 1 is 0.419 bits per heavy atom. The van der Waals surface area contributed by atoms with E-state index in [0.29, 0.717) is 12.8 Å². The minimum atomic E-state index is -1.98. The third-order valence-corrected chi connectivity index (χ3v) is 17.2. The molecule has 3 aliphatic heterocycles. The summed E-state index contributed by atoms with van der Waals surface area (Å²) in [6.07, 6.45) is 30.4. The van der Waals surface area contributed by atoms with Crippen molar-refractivity contribution in [1.82, 2.24) is 5.32 Å². The highest BCUT2D eigenvalue weighted by molar-refractivity contribution is 5.76. The number of rotatable bonds is 52. The smallest absolute Gasteiger partial charge is 0.220 e. The maximum atomic E-state index is 13.3. The van der Waals surface area contributed by atoms with Gasteiger partial charge in [0.25, 0.3) is 0 Å². The van der Waals surface area contributed by atoms with E-state index in [4.69, 9.17) is 28.4 Å². The van der Waals surface area contributed by atoms with Gasteiger partial charge >= 0.3 is 0 Å². The zero-order valence-electron chi connectivity index (χ0n) is 53.0. The van der Waals surface area contributed by atoms with Crippen LogP contribution in [0.3, 0.4) is 0 Å². The number of aliphatic hydroxyl groups is 11. The third kappa shape index (κ3) is 31.8. The number of aliphatic hydroxyl groups excluding tert-OH is 11. The summed E-state index contributed by atoms with van der Waals surface area (Å²) in [5, 5.41) is 120. The van der Waals surface area contributed by atoms with Crippen molar-refractivity contribution in [2.45, 2.75) is 356 Å². The van der Waals surface area contributed by atoms with Crippen molar-refractivity contribution in [2.24, 2.45) is 0 Å². The number of carbonyl (C=O) groups is 1. The molecular weight excluding hydrogens is 1110 g/mol. The SMILES string of the molecule is CC/C=C/CC/C=C/CC/C=C/C(O)C(COC1OC(CO)C(OC2OC(CO)C(OC3OC(CO)C(O)C(O)C3O)C(O)C2O)C(O)C1O)NC(=O)CCCCCCCCCCCCCCCCCCCCCCCCCCCCCCCCC. The highest BCUT2D eigenvalue weighted by Gasteiger charge is 2.53. The number of unbranched alkanes of at least 4 members (excludes halogenated alkanes) is 32. The van der Waals surface area contributed by atoms with Crippen LogP contribution in [0.1, 0.15) is 251 Å². The van der Waals surface area contributed by atoms with E-state index in [-0.39, 0.29) is 18.9 Å². The van der Waals surface area contributed by atoms with Crippen LogP contribution in [-0.2, 0) is 33.2 Å². The molecule has 504 valence electrons. The molecule has 3 saturated heterocycles. The average Bonchev–Trinajstić information content (AvgIpc) is 2.05. The number of amides is 1. The van der Waals surface area contributed by atoms with Crippen molar-refractivity contribution in [3.05, 3.63) is 36.5 Å². The Labute approximate surface area is 517 Å². The minimum Gasteiger partial charge on any atom is -0.394 e. The Hall–Kier alpha value is -1.99. The molecule has 86 heavy (non-hydrogen) atoms. The van der Waals surface area contributed by atoms with Crippen molar-refractivity contribution in [2.75, 3.05) is 26.4 Å². The van der Waals surface area contributed by atoms with E-state index in [0.717, 1.165) is 44.9 Å². The number of ether oxygens (including phenoxy) is 6. The summed E-state index contributed by atoms with van der Waals surface area (Å²) in [5.74, 6) is -0.288. The van der Waals surface area contributed by atoms with Crippen LogP contribution in [0.25, 0.3) is 0 Å². The monoisotopic (exact) mass is 1230 g/mol. The van der Waals surface area contributed by atoms with Crippen LogP contribution >= 0.6 is 0 Å². The summed E-state index contributed by atoms with van der Waals surface area (Å²) in [7, 11) is 0. The van der Waals surface area contributed by atoms with Crippen molar-refractivity contribution < 1.29 is 89.4 Å². The Morgan fingerprint density at radius 2 is 0.756 bits per heavy atom. The van der Waals surface area contributed by atoms with Gasteiger partial charge in [-0.05, 0) is 38.5 Å². The summed E-state index contributed by atoms with van der Waals surface area (Å²) in [5.41, 5.74) is 0. The summed E-state index contributed by atoms with van der Waals surface area (Å²) >= 11 is 0. The highest BCUT2D eigenvalue weighted by Crippen LogP contribution is 2.33. The van der Waals surface area contributed by atoms with E-state index >= 15 is 0 Å². The van der Waals surface area contributed by atoms with Crippen LogP contribution in [0.4, 0.5) is 0 Å². The predicted octanol–water partition coefficient (Wildman–Crippen LogP) is 8.44. The highest BCUT2D eigenvalue weighted by atomic mass is 16.8. The molecule has 3 aliphatic rings. The molecule has 17 unspecified atom stereocenters. The first-order valence-corrected chi connectivity index (χ1v) is 34.2. The van der Waals surface area contributed by atoms with E-state index in [1.54, 1.807) is 6.08 Å². The number of allylic oxidation sites excluding steroid dienone is 5. The maximum absolute atomic E-state index is 13.3. The fourth-order valence-electron chi connectivity index (χ4n) is 11.6.